The Morgan fingerprint density at radius 2 is 2.04 bits per heavy atom. The number of benzene rings is 1. The van der Waals surface area contributed by atoms with Gasteiger partial charge in [0.25, 0.3) is 5.91 Å². The third-order valence-electron chi connectivity index (χ3n) is 5.58. The minimum Gasteiger partial charge on any atom is -0.349 e. The molecule has 2 aromatic rings. The van der Waals surface area contributed by atoms with Gasteiger partial charge in [0.1, 0.15) is 0 Å². The molecule has 0 radical (unpaired) electrons. The molecule has 1 saturated carbocycles. The van der Waals surface area contributed by atoms with Crippen LogP contribution >= 0.6 is 0 Å². The van der Waals surface area contributed by atoms with Gasteiger partial charge in [0, 0.05) is 12.1 Å². The zero-order valence-electron chi connectivity index (χ0n) is 16.2. The highest BCUT2D eigenvalue weighted by Crippen LogP contribution is 2.35. The molecule has 0 bridgehead atoms. The van der Waals surface area contributed by atoms with Crippen LogP contribution in [0.5, 0.6) is 0 Å². The van der Waals surface area contributed by atoms with Crippen LogP contribution in [-0.4, -0.2) is 52.0 Å². The number of hydrogen-bond donors (Lipinski definition) is 1. The maximum absolute atomic E-state index is 12.8. The summed E-state index contributed by atoms with van der Waals surface area (Å²) in [4.78, 5) is 16.6. The first-order chi connectivity index (χ1) is 12.4. The van der Waals surface area contributed by atoms with Crippen LogP contribution in [0.1, 0.15) is 48.8 Å². The highest BCUT2D eigenvalue weighted by Gasteiger charge is 2.37. The normalized spacial score (nSPS) is 23.2. The van der Waals surface area contributed by atoms with E-state index in [1.54, 1.807) is 0 Å². The van der Waals surface area contributed by atoms with Crippen LogP contribution < -0.4 is 5.32 Å². The van der Waals surface area contributed by atoms with Crippen molar-refractivity contribution in [1.29, 1.82) is 0 Å². The standard InChI is InChI=1S/C20H29N5O/c1-15-9-8-12-20(13-15,24(3)4)14-21-19(26)18-16(2)22-25(23-18)17-10-6-5-7-11-17/h5-7,10-11,15H,8-9,12-14H2,1-4H3,(H,21,26)/t15-,20+/m0/s1. The fourth-order valence-electron chi connectivity index (χ4n) is 3.95. The third-order valence-corrected chi connectivity index (χ3v) is 5.58. The highest BCUT2D eigenvalue weighted by molar-refractivity contribution is 5.93. The van der Waals surface area contributed by atoms with E-state index in [-0.39, 0.29) is 11.4 Å². The van der Waals surface area contributed by atoms with Crippen molar-refractivity contribution >= 4 is 5.91 Å². The Balaban J connectivity index is 1.73. The van der Waals surface area contributed by atoms with Crippen molar-refractivity contribution in [2.45, 2.75) is 45.1 Å². The lowest BCUT2D eigenvalue weighted by atomic mass is 9.75. The summed E-state index contributed by atoms with van der Waals surface area (Å²) in [5.74, 6) is 0.535. The molecule has 0 spiro atoms. The van der Waals surface area contributed by atoms with Gasteiger partial charge in [-0.1, -0.05) is 38.0 Å². The van der Waals surface area contributed by atoms with Gasteiger partial charge in [-0.25, -0.2) is 0 Å². The minimum atomic E-state index is -0.149. The van der Waals surface area contributed by atoms with Crippen molar-refractivity contribution in [2.75, 3.05) is 20.6 Å². The van der Waals surface area contributed by atoms with Crippen molar-refractivity contribution < 1.29 is 4.79 Å². The highest BCUT2D eigenvalue weighted by atomic mass is 16.2. The predicted octanol–water partition coefficient (Wildman–Crippen LogP) is 2.82. The maximum atomic E-state index is 12.8. The Kier molecular flexibility index (Phi) is 5.41. The van der Waals surface area contributed by atoms with Crippen molar-refractivity contribution in [2.24, 2.45) is 5.92 Å². The first-order valence-corrected chi connectivity index (χ1v) is 9.36. The molecule has 0 unspecified atom stereocenters. The van der Waals surface area contributed by atoms with Gasteiger partial charge in [0.2, 0.25) is 0 Å². The molecule has 3 rings (SSSR count). The summed E-state index contributed by atoms with van der Waals surface area (Å²) in [7, 11) is 4.22. The number of aryl methyl sites for hydroxylation is 1. The van der Waals surface area contributed by atoms with E-state index in [4.69, 9.17) is 0 Å². The van der Waals surface area contributed by atoms with E-state index in [0.717, 1.165) is 18.5 Å². The Morgan fingerprint density at radius 1 is 1.31 bits per heavy atom. The van der Waals surface area contributed by atoms with Crippen LogP contribution in [0, 0.1) is 12.8 Å². The van der Waals surface area contributed by atoms with E-state index in [9.17, 15) is 4.79 Å². The summed E-state index contributed by atoms with van der Waals surface area (Å²) in [6.07, 6.45) is 4.70. The molecule has 26 heavy (non-hydrogen) atoms. The number of para-hydroxylation sites is 1. The SMILES string of the molecule is Cc1nn(-c2ccccc2)nc1C(=O)NC[C@@]1(N(C)C)CCC[C@H](C)C1. The quantitative estimate of drug-likeness (QED) is 0.896. The van der Waals surface area contributed by atoms with Gasteiger partial charge >= 0.3 is 0 Å². The fourth-order valence-corrected chi connectivity index (χ4v) is 3.95. The van der Waals surface area contributed by atoms with Crippen LogP contribution in [-0.2, 0) is 0 Å². The largest absolute Gasteiger partial charge is 0.349 e. The topological polar surface area (TPSA) is 63.1 Å². The molecule has 140 valence electrons. The summed E-state index contributed by atoms with van der Waals surface area (Å²) >= 11 is 0. The van der Waals surface area contributed by atoms with Crippen LogP contribution in [0.2, 0.25) is 0 Å². The fraction of sp³-hybridized carbons (Fsp3) is 0.550. The number of nitrogens with zero attached hydrogens (tertiary/aromatic N) is 4. The average molecular weight is 355 g/mol. The number of likely N-dealkylation sites (N-methyl/N-ethyl adjacent to an activating group) is 1. The molecule has 0 saturated heterocycles. The summed E-state index contributed by atoms with van der Waals surface area (Å²) in [6.45, 7) is 4.77. The second kappa shape index (κ2) is 7.58. The van der Waals surface area contributed by atoms with Crippen molar-refractivity contribution in [3.8, 4) is 5.69 Å². The van der Waals surface area contributed by atoms with Gasteiger partial charge in [0.05, 0.1) is 11.4 Å². The van der Waals surface area contributed by atoms with Gasteiger partial charge in [-0.05, 0) is 51.9 Å². The molecule has 1 aromatic carbocycles. The Bertz CT molecular complexity index is 755. The summed E-state index contributed by atoms with van der Waals surface area (Å²) in [5, 5.41) is 11.9. The zero-order chi connectivity index (χ0) is 18.7. The van der Waals surface area contributed by atoms with E-state index in [1.807, 2.05) is 37.3 Å². The van der Waals surface area contributed by atoms with Gasteiger partial charge in [-0.2, -0.15) is 9.90 Å². The van der Waals surface area contributed by atoms with E-state index < -0.39 is 0 Å². The summed E-state index contributed by atoms with van der Waals surface area (Å²) < 4.78 is 0. The second-order valence-electron chi connectivity index (χ2n) is 7.76. The molecule has 6 heteroatoms. The van der Waals surface area contributed by atoms with Gasteiger partial charge in [0.15, 0.2) is 5.69 Å². The summed E-state index contributed by atoms with van der Waals surface area (Å²) in [5.41, 5.74) is 1.91. The predicted molar refractivity (Wildman–Crippen MR) is 102 cm³/mol. The lowest BCUT2D eigenvalue weighted by molar-refractivity contribution is 0.0672. The molecule has 1 N–H and O–H groups in total. The molecule has 1 aliphatic rings. The minimum absolute atomic E-state index is 0.0245. The second-order valence-corrected chi connectivity index (χ2v) is 7.76. The van der Waals surface area contributed by atoms with Crippen LogP contribution in [0.25, 0.3) is 5.69 Å². The molecule has 1 fully saturated rings. The monoisotopic (exact) mass is 355 g/mol. The summed E-state index contributed by atoms with van der Waals surface area (Å²) in [6, 6.07) is 9.65. The van der Waals surface area contributed by atoms with Crippen LogP contribution in [0.4, 0.5) is 0 Å². The number of carbonyl (C=O) groups excluding carboxylic acids is 1. The first-order valence-electron chi connectivity index (χ1n) is 9.36. The van der Waals surface area contributed by atoms with E-state index in [0.29, 0.717) is 23.9 Å². The number of rotatable bonds is 5. The van der Waals surface area contributed by atoms with Gasteiger partial charge in [-0.3, -0.25) is 4.79 Å². The Morgan fingerprint density at radius 3 is 2.69 bits per heavy atom. The van der Waals surface area contributed by atoms with E-state index in [2.05, 4.69) is 41.4 Å². The van der Waals surface area contributed by atoms with Crippen molar-refractivity contribution in [3.05, 3.63) is 41.7 Å². The van der Waals surface area contributed by atoms with Gasteiger partial charge in [-0.15, -0.1) is 5.10 Å². The first kappa shape index (κ1) is 18.6. The Labute approximate surface area is 155 Å². The van der Waals surface area contributed by atoms with E-state index in [1.165, 1.54) is 17.6 Å². The molecule has 2 atom stereocenters. The van der Waals surface area contributed by atoms with E-state index >= 15 is 0 Å². The smallest absolute Gasteiger partial charge is 0.273 e. The Hall–Kier alpha value is -2.21. The average Bonchev–Trinajstić information content (AvgIpc) is 3.02. The molecule has 0 aliphatic heterocycles. The molecule has 1 amide bonds. The maximum Gasteiger partial charge on any atom is 0.273 e. The molecular formula is C20H29N5O. The third kappa shape index (κ3) is 3.80. The lowest BCUT2D eigenvalue weighted by Gasteiger charge is -2.45. The number of nitrogens with one attached hydrogen (secondary N) is 1. The number of aromatic nitrogens is 3. The zero-order valence-corrected chi connectivity index (χ0v) is 16.2. The molecule has 6 nitrogen and oxygen atoms in total. The van der Waals surface area contributed by atoms with Gasteiger partial charge < -0.3 is 10.2 Å². The number of carbonyl (C=O) groups is 1. The van der Waals surface area contributed by atoms with Crippen LogP contribution in [0.15, 0.2) is 30.3 Å². The molecule has 1 aromatic heterocycles. The number of hydrogen-bond acceptors (Lipinski definition) is 4. The lowest BCUT2D eigenvalue weighted by Crippen LogP contribution is -2.55. The number of amides is 1. The van der Waals surface area contributed by atoms with Crippen molar-refractivity contribution in [1.82, 2.24) is 25.2 Å². The molecule has 1 heterocycles. The van der Waals surface area contributed by atoms with Crippen molar-refractivity contribution in [3.63, 3.8) is 0 Å². The van der Waals surface area contributed by atoms with Crippen LogP contribution in [0.3, 0.4) is 0 Å². The molecular weight excluding hydrogens is 326 g/mol. The molecule has 1 aliphatic carbocycles.